The number of benzene rings is 1. The predicted octanol–water partition coefficient (Wildman–Crippen LogP) is 2.60. The van der Waals surface area contributed by atoms with Crippen molar-refractivity contribution in [3.05, 3.63) is 35.9 Å². The van der Waals surface area contributed by atoms with E-state index in [-0.39, 0.29) is 36.1 Å². The Hall–Kier alpha value is -2.35. The summed E-state index contributed by atoms with van der Waals surface area (Å²) in [6, 6.07) is 6.88. The van der Waals surface area contributed by atoms with E-state index in [4.69, 9.17) is 9.47 Å². The molecule has 1 heterocycles. The van der Waals surface area contributed by atoms with Crippen molar-refractivity contribution >= 4 is 27.8 Å². The van der Waals surface area contributed by atoms with Crippen LogP contribution in [0.25, 0.3) is 6.08 Å². The summed E-state index contributed by atoms with van der Waals surface area (Å²) in [5.41, 5.74) is 0.805. The monoisotopic (exact) mass is 435 g/mol. The Labute approximate surface area is 178 Å². The van der Waals surface area contributed by atoms with Crippen LogP contribution in [0.2, 0.25) is 0 Å². The summed E-state index contributed by atoms with van der Waals surface area (Å²) in [6.07, 6.45) is 8.26. The van der Waals surface area contributed by atoms with Crippen LogP contribution in [-0.4, -0.2) is 62.5 Å². The minimum atomic E-state index is -3.11. The number of nitrogens with zero attached hydrogens (tertiary/aromatic N) is 1. The van der Waals surface area contributed by atoms with E-state index < -0.39 is 15.8 Å². The summed E-state index contributed by atoms with van der Waals surface area (Å²) in [4.78, 5) is 26.7. The van der Waals surface area contributed by atoms with Gasteiger partial charge < -0.3 is 14.4 Å². The number of carbonyl (C=O) groups excluding carboxylic acids is 2. The van der Waals surface area contributed by atoms with Gasteiger partial charge in [-0.1, -0.05) is 31.4 Å². The van der Waals surface area contributed by atoms with E-state index in [0.29, 0.717) is 6.42 Å². The Balaban J connectivity index is 1.59. The molecule has 0 aromatic heterocycles. The molecule has 3 rings (SSSR count). The van der Waals surface area contributed by atoms with Gasteiger partial charge in [-0.3, -0.25) is 4.79 Å². The Morgan fingerprint density at radius 3 is 2.37 bits per heavy atom. The lowest BCUT2D eigenvalue weighted by atomic mass is 9.93. The number of hydrogen-bond acceptors (Lipinski definition) is 6. The summed E-state index contributed by atoms with van der Waals surface area (Å²) < 4.78 is 34.1. The second-order valence-corrected chi connectivity index (χ2v) is 10.1. The summed E-state index contributed by atoms with van der Waals surface area (Å²) in [5.74, 6) is -0.0897. The minimum Gasteiger partial charge on any atom is -0.497 e. The van der Waals surface area contributed by atoms with Crippen molar-refractivity contribution in [2.45, 2.75) is 50.6 Å². The van der Waals surface area contributed by atoms with Crippen LogP contribution in [0.1, 0.15) is 44.1 Å². The van der Waals surface area contributed by atoms with Gasteiger partial charge in [0.25, 0.3) is 5.91 Å². The van der Waals surface area contributed by atoms with Gasteiger partial charge in [0.05, 0.1) is 18.6 Å². The number of amides is 1. The molecular weight excluding hydrogens is 406 g/mol. The summed E-state index contributed by atoms with van der Waals surface area (Å²) in [5, 5.41) is 0. The van der Waals surface area contributed by atoms with E-state index in [0.717, 1.165) is 43.4 Å². The molecule has 0 spiro atoms. The smallest absolute Gasteiger partial charge is 0.331 e. The average Bonchev–Trinajstić information content (AvgIpc) is 3.11. The van der Waals surface area contributed by atoms with Gasteiger partial charge in [-0.2, -0.15) is 0 Å². The van der Waals surface area contributed by atoms with Gasteiger partial charge in [0.15, 0.2) is 16.4 Å². The van der Waals surface area contributed by atoms with Crippen LogP contribution < -0.4 is 4.74 Å². The van der Waals surface area contributed by atoms with Gasteiger partial charge in [0.1, 0.15) is 5.75 Å². The van der Waals surface area contributed by atoms with Gasteiger partial charge in [0, 0.05) is 18.2 Å². The highest BCUT2D eigenvalue weighted by atomic mass is 32.2. The molecule has 2 fully saturated rings. The van der Waals surface area contributed by atoms with Crippen LogP contribution in [0.4, 0.5) is 0 Å². The first-order valence-corrected chi connectivity index (χ1v) is 12.2. The van der Waals surface area contributed by atoms with Crippen molar-refractivity contribution in [1.29, 1.82) is 0 Å². The van der Waals surface area contributed by atoms with Crippen LogP contribution in [0.15, 0.2) is 30.3 Å². The van der Waals surface area contributed by atoms with Crippen molar-refractivity contribution in [1.82, 2.24) is 4.90 Å². The first-order chi connectivity index (χ1) is 14.4. The van der Waals surface area contributed by atoms with Crippen LogP contribution in [0.3, 0.4) is 0 Å². The molecule has 2 aliphatic rings. The number of hydrogen-bond donors (Lipinski definition) is 0. The highest BCUT2D eigenvalue weighted by molar-refractivity contribution is 7.91. The molecule has 1 saturated heterocycles. The number of sulfone groups is 1. The molecule has 164 valence electrons. The van der Waals surface area contributed by atoms with Crippen LogP contribution >= 0.6 is 0 Å². The van der Waals surface area contributed by atoms with Crippen LogP contribution in [0.5, 0.6) is 5.75 Å². The molecule has 1 aliphatic heterocycles. The second kappa shape index (κ2) is 10.1. The lowest BCUT2D eigenvalue weighted by Gasteiger charge is -2.38. The maximum Gasteiger partial charge on any atom is 0.331 e. The van der Waals surface area contributed by atoms with Crippen LogP contribution in [-0.2, 0) is 24.2 Å². The number of methoxy groups -OCH3 is 1. The molecule has 7 nitrogen and oxygen atoms in total. The highest BCUT2D eigenvalue weighted by Crippen LogP contribution is 2.28. The van der Waals surface area contributed by atoms with Crippen molar-refractivity contribution in [3.63, 3.8) is 0 Å². The molecule has 30 heavy (non-hydrogen) atoms. The fourth-order valence-corrected chi connectivity index (χ4v) is 5.91. The molecule has 1 aromatic carbocycles. The van der Waals surface area contributed by atoms with E-state index in [2.05, 4.69) is 0 Å². The number of ether oxygens (including phenoxy) is 2. The standard InChI is InChI=1S/C22H29NO6S/c1-28-20-10-7-17(8-11-20)9-12-22(25)29-15-21(24)23(18-5-3-2-4-6-18)19-13-14-30(26,27)16-19/h7-12,18-19H,2-6,13-16H2,1H3/b12-9+. The zero-order valence-electron chi connectivity index (χ0n) is 17.3. The topological polar surface area (TPSA) is 90.0 Å². The van der Waals surface area contributed by atoms with E-state index in [1.807, 2.05) is 0 Å². The second-order valence-electron chi connectivity index (χ2n) is 7.86. The third kappa shape index (κ3) is 6.08. The number of esters is 1. The van der Waals surface area contributed by atoms with E-state index in [1.54, 1.807) is 42.4 Å². The molecule has 0 bridgehead atoms. The minimum absolute atomic E-state index is 0.000554. The molecular formula is C22H29NO6S. The maximum absolute atomic E-state index is 12.9. The normalized spacial score (nSPS) is 21.4. The first-order valence-electron chi connectivity index (χ1n) is 10.4. The van der Waals surface area contributed by atoms with Gasteiger partial charge in [0.2, 0.25) is 0 Å². The summed E-state index contributed by atoms with van der Waals surface area (Å²) in [6.45, 7) is -0.376. The van der Waals surface area contributed by atoms with Crippen LogP contribution in [0, 0.1) is 0 Å². The third-order valence-corrected chi connectivity index (χ3v) is 7.47. The molecule has 1 amide bonds. The lowest BCUT2D eigenvalue weighted by Crippen LogP contribution is -2.50. The molecule has 0 N–H and O–H groups in total. The predicted molar refractivity (Wildman–Crippen MR) is 114 cm³/mol. The fourth-order valence-electron chi connectivity index (χ4n) is 4.19. The van der Waals surface area contributed by atoms with Crippen molar-refractivity contribution in [2.75, 3.05) is 25.2 Å². The Morgan fingerprint density at radius 2 is 1.77 bits per heavy atom. The highest BCUT2D eigenvalue weighted by Gasteiger charge is 2.38. The Morgan fingerprint density at radius 1 is 1.07 bits per heavy atom. The molecule has 1 atom stereocenters. The van der Waals surface area contributed by atoms with E-state index in [1.165, 1.54) is 6.08 Å². The van der Waals surface area contributed by atoms with Crippen molar-refractivity contribution in [3.8, 4) is 5.75 Å². The summed E-state index contributed by atoms with van der Waals surface area (Å²) in [7, 11) is -1.53. The Bertz CT molecular complexity index is 871. The van der Waals surface area contributed by atoms with Gasteiger partial charge >= 0.3 is 5.97 Å². The lowest BCUT2D eigenvalue weighted by molar-refractivity contribution is -0.151. The third-order valence-electron chi connectivity index (χ3n) is 5.72. The van der Waals surface area contributed by atoms with Gasteiger partial charge in [-0.05, 0) is 43.0 Å². The van der Waals surface area contributed by atoms with Crippen molar-refractivity contribution in [2.24, 2.45) is 0 Å². The fraction of sp³-hybridized carbons (Fsp3) is 0.545. The van der Waals surface area contributed by atoms with Crippen molar-refractivity contribution < 1.29 is 27.5 Å². The molecule has 8 heteroatoms. The maximum atomic E-state index is 12.9. The average molecular weight is 436 g/mol. The Kier molecular flexibility index (Phi) is 7.53. The SMILES string of the molecule is COc1ccc(/C=C/C(=O)OCC(=O)N(C2CCCCC2)C2CCS(=O)(=O)C2)cc1. The molecule has 0 radical (unpaired) electrons. The van der Waals surface area contributed by atoms with Gasteiger partial charge in [-0.25, -0.2) is 13.2 Å². The zero-order chi connectivity index (χ0) is 21.6. The summed E-state index contributed by atoms with van der Waals surface area (Å²) >= 11 is 0. The van der Waals surface area contributed by atoms with E-state index in [9.17, 15) is 18.0 Å². The molecule has 1 aromatic rings. The number of carbonyl (C=O) groups is 2. The molecule has 1 saturated carbocycles. The zero-order valence-corrected chi connectivity index (χ0v) is 18.1. The van der Waals surface area contributed by atoms with E-state index >= 15 is 0 Å². The molecule has 1 aliphatic carbocycles. The quantitative estimate of drug-likeness (QED) is 0.483. The molecule has 1 unspecified atom stereocenters. The first kappa shape index (κ1) is 22.3. The number of rotatable bonds is 7. The largest absolute Gasteiger partial charge is 0.497 e. The van der Waals surface area contributed by atoms with Gasteiger partial charge in [-0.15, -0.1) is 0 Å².